The molecule has 2 aromatic heterocycles. The van der Waals surface area contributed by atoms with E-state index in [-0.39, 0.29) is 5.84 Å². The first-order valence-electron chi connectivity index (χ1n) is 3.65. The monoisotopic (exact) mass is 238 g/mol. The highest BCUT2D eigenvalue weighted by atomic mass is 79.9. The molecule has 0 saturated heterocycles. The molecule has 2 heterocycles. The minimum Gasteiger partial charge on any atom is -0.382 e. The maximum atomic E-state index is 7.36. The molecule has 0 fully saturated rings. The molecule has 0 bridgehead atoms. The van der Waals surface area contributed by atoms with Crippen LogP contribution in [0, 0.1) is 5.41 Å². The normalized spacial score (nSPS) is 10.5. The summed E-state index contributed by atoms with van der Waals surface area (Å²) >= 11 is 3.33. The Morgan fingerprint density at radius 2 is 2.31 bits per heavy atom. The number of nitrogen functional groups attached to an aromatic ring is 1. The molecule has 0 aromatic carbocycles. The zero-order valence-electron chi connectivity index (χ0n) is 6.66. The largest absolute Gasteiger partial charge is 0.382 e. The molecule has 0 unspecified atom stereocenters. The topological polar surface area (TPSA) is 67.2 Å². The van der Waals surface area contributed by atoms with Gasteiger partial charge in [0, 0.05) is 16.9 Å². The number of aromatic nitrogens is 2. The van der Waals surface area contributed by atoms with Gasteiger partial charge in [-0.25, -0.2) is 4.98 Å². The summed E-state index contributed by atoms with van der Waals surface area (Å²) in [5, 5.41) is 7.36. The molecule has 0 amide bonds. The van der Waals surface area contributed by atoms with Crippen LogP contribution in [-0.2, 0) is 0 Å². The molecule has 0 spiro atoms. The van der Waals surface area contributed by atoms with Gasteiger partial charge in [-0.05, 0) is 12.1 Å². The van der Waals surface area contributed by atoms with E-state index in [1.165, 1.54) is 0 Å². The van der Waals surface area contributed by atoms with E-state index in [1.54, 1.807) is 22.9 Å². The van der Waals surface area contributed by atoms with E-state index in [9.17, 15) is 0 Å². The van der Waals surface area contributed by atoms with E-state index < -0.39 is 0 Å². The van der Waals surface area contributed by atoms with Crippen molar-refractivity contribution in [2.45, 2.75) is 0 Å². The second-order valence-electron chi connectivity index (χ2n) is 2.63. The zero-order chi connectivity index (χ0) is 9.42. The molecule has 5 heteroatoms. The second-order valence-corrected chi connectivity index (χ2v) is 3.54. The number of pyridine rings is 1. The summed E-state index contributed by atoms with van der Waals surface area (Å²) in [4.78, 5) is 4.10. The molecule has 0 atom stereocenters. The maximum absolute atomic E-state index is 7.36. The summed E-state index contributed by atoms with van der Waals surface area (Å²) < 4.78 is 2.64. The number of fused-ring (bicyclic) bond motifs is 1. The lowest BCUT2D eigenvalue weighted by Crippen LogP contribution is -2.15. The van der Waals surface area contributed by atoms with Gasteiger partial charge in [0.15, 0.2) is 0 Å². The van der Waals surface area contributed by atoms with Gasteiger partial charge in [-0.1, -0.05) is 15.9 Å². The van der Waals surface area contributed by atoms with Crippen LogP contribution in [-0.4, -0.2) is 15.2 Å². The first-order valence-corrected chi connectivity index (χ1v) is 4.45. The molecule has 0 radical (unpaired) electrons. The van der Waals surface area contributed by atoms with Gasteiger partial charge in [0.2, 0.25) is 0 Å². The van der Waals surface area contributed by atoms with Crippen molar-refractivity contribution in [2.24, 2.45) is 5.73 Å². The fourth-order valence-corrected chi connectivity index (χ4v) is 1.62. The molecule has 66 valence electrons. The van der Waals surface area contributed by atoms with Crippen LogP contribution < -0.4 is 5.73 Å². The number of nitrogens with two attached hydrogens (primary N) is 1. The van der Waals surface area contributed by atoms with Gasteiger partial charge in [-0.2, -0.15) is 0 Å². The summed E-state index contributed by atoms with van der Waals surface area (Å²) in [5.74, 6) is 0.0318. The molecule has 3 N–H and O–H groups in total. The Morgan fingerprint density at radius 3 is 3.00 bits per heavy atom. The van der Waals surface area contributed by atoms with Crippen LogP contribution in [0.4, 0.5) is 0 Å². The molecule has 0 aliphatic carbocycles. The van der Waals surface area contributed by atoms with Gasteiger partial charge in [0.1, 0.15) is 11.5 Å². The number of nitrogens with zero attached hydrogens (tertiary/aromatic N) is 2. The van der Waals surface area contributed by atoms with Gasteiger partial charge in [-0.3, -0.25) is 9.81 Å². The Morgan fingerprint density at radius 1 is 1.54 bits per heavy atom. The molecule has 2 rings (SSSR count). The quantitative estimate of drug-likeness (QED) is 0.583. The standard InChI is InChI=1S/C8H7BrN4/c9-5-3-6(8(10)11)13-2-1-12-7(13)4-5/h1-4H,(H3,10,11). The highest BCUT2D eigenvalue weighted by Crippen LogP contribution is 2.15. The van der Waals surface area contributed by atoms with Crippen molar-refractivity contribution in [1.82, 2.24) is 9.38 Å². The van der Waals surface area contributed by atoms with Crippen molar-refractivity contribution in [3.63, 3.8) is 0 Å². The van der Waals surface area contributed by atoms with Crippen molar-refractivity contribution >= 4 is 27.4 Å². The Hall–Kier alpha value is -1.36. The van der Waals surface area contributed by atoms with Crippen LogP contribution in [0.5, 0.6) is 0 Å². The van der Waals surface area contributed by atoms with Crippen LogP contribution in [0.1, 0.15) is 5.69 Å². The average Bonchev–Trinajstić information content (AvgIpc) is 2.49. The van der Waals surface area contributed by atoms with E-state index in [0.29, 0.717) is 5.69 Å². The van der Waals surface area contributed by atoms with Gasteiger partial charge in [-0.15, -0.1) is 0 Å². The number of hydrogen-bond acceptors (Lipinski definition) is 2. The van der Waals surface area contributed by atoms with E-state index in [0.717, 1.165) is 10.1 Å². The van der Waals surface area contributed by atoms with Gasteiger partial charge >= 0.3 is 0 Å². The number of imidazole rings is 1. The predicted octanol–water partition coefficient (Wildman–Crippen LogP) is 1.38. The number of nitrogens with one attached hydrogen (secondary N) is 1. The van der Waals surface area contributed by atoms with E-state index in [4.69, 9.17) is 11.1 Å². The number of amidine groups is 1. The second kappa shape index (κ2) is 2.85. The molecule has 0 saturated carbocycles. The van der Waals surface area contributed by atoms with Gasteiger partial charge in [0.05, 0.1) is 5.69 Å². The zero-order valence-corrected chi connectivity index (χ0v) is 8.25. The SMILES string of the molecule is N=C(N)c1cc(Br)cc2nccn12. The fraction of sp³-hybridized carbons (Fsp3) is 0. The predicted molar refractivity (Wildman–Crippen MR) is 53.9 cm³/mol. The van der Waals surface area contributed by atoms with Crippen LogP contribution in [0.25, 0.3) is 5.65 Å². The molecule has 0 aliphatic rings. The Bertz CT molecular complexity index is 474. The van der Waals surface area contributed by atoms with Crippen molar-refractivity contribution < 1.29 is 0 Å². The average molecular weight is 239 g/mol. The summed E-state index contributed by atoms with van der Waals surface area (Å²) in [6.07, 6.45) is 3.45. The van der Waals surface area contributed by atoms with E-state index in [2.05, 4.69) is 20.9 Å². The minimum atomic E-state index is 0.0318. The lowest BCUT2D eigenvalue weighted by Gasteiger charge is -2.03. The Balaban J connectivity index is 2.84. The van der Waals surface area contributed by atoms with Crippen molar-refractivity contribution in [3.8, 4) is 0 Å². The van der Waals surface area contributed by atoms with E-state index >= 15 is 0 Å². The first kappa shape index (κ1) is 8.25. The molecule has 4 nitrogen and oxygen atoms in total. The third-order valence-electron chi connectivity index (χ3n) is 1.75. The molecular weight excluding hydrogens is 232 g/mol. The van der Waals surface area contributed by atoms with Crippen molar-refractivity contribution in [1.29, 1.82) is 5.41 Å². The van der Waals surface area contributed by atoms with Crippen molar-refractivity contribution in [2.75, 3.05) is 0 Å². The maximum Gasteiger partial charge on any atom is 0.140 e. The molecular formula is C8H7BrN4. The summed E-state index contributed by atoms with van der Waals surface area (Å²) in [6, 6.07) is 3.66. The first-order chi connectivity index (χ1) is 6.18. The summed E-state index contributed by atoms with van der Waals surface area (Å²) in [5.41, 5.74) is 6.84. The Kier molecular flexibility index (Phi) is 1.81. The molecule has 0 aliphatic heterocycles. The lowest BCUT2D eigenvalue weighted by molar-refractivity contribution is 1.14. The number of rotatable bonds is 1. The van der Waals surface area contributed by atoms with Gasteiger partial charge < -0.3 is 5.73 Å². The van der Waals surface area contributed by atoms with Crippen LogP contribution >= 0.6 is 15.9 Å². The third kappa shape index (κ3) is 1.31. The summed E-state index contributed by atoms with van der Waals surface area (Å²) in [6.45, 7) is 0. The third-order valence-corrected chi connectivity index (χ3v) is 2.20. The smallest absolute Gasteiger partial charge is 0.140 e. The molecule has 13 heavy (non-hydrogen) atoms. The van der Waals surface area contributed by atoms with Crippen LogP contribution in [0.3, 0.4) is 0 Å². The molecule has 2 aromatic rings. The lowest BCUT2D eigenvalue weighted by atomic mass is 10.3. The minimum absolute atomic E-state index is 0.0318. The summed E-state index contributed by atoms with van der Waals surface area (Å²) in [7, 11) is 0. The van der Waals surface area contributed by atoms with Crippen LogP contribution in [0.2, 0.25) is 0 Å². The fourth-order valence-electron chi connectivity index (χ4n) is 1.20. The number of halogens is 1. The van der Waals surface area contributed by atoms with Crippen molar-refractivity contribution in [3.05, 3.63) is 34.7 Å². The van der Waals surface area contributed by atoms with Crippen LogP contribution in [0.15, 0.2) is 29.0 Å². The van der Waals surface area contributed by atoms with Gasteiger partial charge in [0.25, 0.3) is 0 Å². The highest BCUT2D eigenvalue weighted by molar-refractivity contribution is 9.10. The highest BCUT2D eigenvalue weighted by Gasteiger charge is 2.04. The number of hydrogen-bond donors (Lipinski definition) is 2. The van der Waals surface area contributed by atoms with E-state index in [1.807, 2.05) is 6.07 Å². The Labute approximate surface area is 83.0 Å².